The van der Waals surface area contributed by atoms with Crippen molar-refractivity contribution in [3.05, 3.63) is 23.9 Å². The van der Waals surface area contributed by atoms with Crippen molar-refractivity contribution >= 4 is 5.82 Å². The Hall–Kier alpha value is -1.09. The number of nitrogens with one attached hydrogen (secondary N) is 1. The summed E-state index contributed by atoms with van der Waals surface area (Å²) in [7, 11) is 0. The van der Waals surface area contributed by atoms with Gasteiger partial charge in [0.15, 0.2) is 0 Å². The van der Waals surface area contributed by atoms with Gasteiger partial charge in [0, 0.05) is 31.4 Å². The molecule has 2 saturated carbocycles. The number of nitrogens with zero attached hydrogens (tertiary/aromatic N) is 2. The summed E-state index contributed by atoms with van der Waals surface area (Å²) >= 11 is 0. The largest absolute Gasteiger partial charge is 0.353 e. The number of pyridine rings is 1. The minimum absolute atomic E-state index is 0.760. The summed E-state index contributed by atoms with van der Waals surface area (Å²) in [6, 6.07) is 6.05. The second-order valence-electron chi connectivity index (χ2n) is 7.13. The minimum atomic E-state index is 0.760. The Morgan fingerprint density at radius 1 is 1.05 bits per heavy atom. The molecule has 2 unspecified atom stereocenters. The summed E-state index contributed by atoms with van der Waals surface area (Å²) in [5, 5.41) is 3.56. The third-order valence-corrected chi connectivity index (χ3v) is 5.52. The molecule has 0 spiro atoms. The van der Waals surface area contributed by atoms with Crippen molar-refractivity contribution < 1.29 is 0 Å². The van der Waals surface area contributed by atoms with Gasteiger partial charge in [-0.25, -0.2) is 4.98 Å². The van der Waals surface area contributed by atoms with Gasteiger partial charge >= 0.3 is 0 Å². The van der Waals surface area contributed by atoms with Crippen LogP contribution in [0.3, 0.4) is 0 Å². The van der Waals surface area contributed by atoms with Crippen LogP contribution in [0.4, 0.5) is 5.82 Å². The van der Waals surface area contributed by atoms with E-state index in [1.165, 1.54) is 69.3 Å². The van der Waals surface area contributed by atoms with Crippen LogP contribution in [0.1, 0.15) is 56.9 Å². The van der Waals surface area contributed by atoms with Crippen LogP contribution in [0.15, 0.2) is 18.3 Å². The molecule has 0 radical (unpaired) electrons. The van der Waals surface area contributed by atoms with Crippen LogP contribution in [0.2, 0.25) is 0 Å². The van der Waals surface area contributed by atoms with Crippen molar-refractivity contribution in [3.63, 3.8) is 0 Å². The molecular formula is C18H27N3. The summed E-state index contributed by atoms with van der Waals surface area (Å²) in [6.45, 7) is 2.18. The number of hydrogen-bond donors (Lipinski definition) is 1. The minimum Gasteiger partial charge on any atom is -0.353 e. The van der Waals surface area contributed by atoms with Crippen molar-refractivity contribution in [2.45, 2.75) is 70.0 Å². The van der Waals surface area contributed by atoms with E-state index < -0.39 is 0 Å². The molecule has 1 aromatic heterocycles. The van der Waals surface area contributed by atoms with Gasteiger partial charge in [-0.15, -0.1) is 0 Å². The lowest BCUT2D eigenvalue weighted by molar-refractivity contribution is 0.242. The van der Waals surface area contributed by atoms with Crippen LogP contribution in [-0.2, 0) is 6.54 Å². The molecule has 1 N–H and O–H groups in total. The van der Waals surface area contributed by atoms with E-state index in [1.807, 2.05) is 0 Å². The molecule has 1 aliphatic heterocycles. The third kappa shape index (κ3) is 3.08. The van der Waals surface area contributed by atoms with Gasteiger partial charge < -0.3 is 10.2 Å². The highest BCUT2D eigenvalue weighted by molar-refractivity contribution is 5.41. The predicted octanol–water partition coefficient (Wildman–Crippen LogP) is 3.49. The summed E-state index contributed by atoms with van der Waals surface area (Å²) in [6.07, 6.45) is 13.2. The maximum atomic E-state index is 4.78. The Kier molecular flexibility index (Phi) is 3.85. The summed E-state index contributed by atoms with van der Waals surface area (Å²) < 4.78 is 0. The molecule has 1 aromatic rings. The Morgan fingerprint density at radius 2 is 1.90 bits per heavy atom. The van der Waals surface area contributed by atoms with Crippen LogP contribution in [0.5, 0.6) is 0 Å². The molecule has 3 heteroatoms. The number of hydrogen-bond acceptors (Lipinski definition) is 3. The van der Waals surface area contributed by atoms with Gasteiger partial charge in [-0.2, -0.15) is 0 Å². The van der Waals surface area contributed by atoms with Crippen LogP contribution in [0, 0.1) is 5.92 Å². The van der Waals surface area contributed by atoms with Gasteiger partial charge in [-0.1, -0.05) is 18.9 Å². The van der Waals surface area contributed by atoms with Gasteiger partial charge in [0.25, 0.3) is 0 Å². The summed E-state index contributed by atoms with van der Waals surface area (Å²) in [5.41, 5.74) is 1.32. The zero-order chi connectivity index (χ0) is 14.1. The standard InChI is InChI=1S/C18H27N3/c1-2-6-17-15(4-1)5-3-11-21(17)18-10-7-14(13-20-18)12-19-16-8-9-16/h7,10,13,15-17,19H,1-6,8-9,11-12H2. The fourth-order valence-corrected chi connectivity index (χ4v) is 4.15. The number of fused-ring (bicyclic) bond motifs is 1. The Bertz CT molecular complexity index is 464. The van der Waals surface area contributed by atoms with Gasteiger partial charge in [0.2, 0.25) is 0 Å². The highest BCUT2D eigenvalue weighted by atomic mass is 15.2. The summed E-state index contributed by atoms with van der Waals surface area (Å²) in [5.74, 6) is 2.13. The number of piperidine rings is 1. The quantitative estimate of drug-likeness (QED) is 0.918. The third-order valence-electron chi connectivity index (χ3n) is 5.52. The zero-order valence-electron chi connectivity index (χ0n) is 12.9. The lowest BCUT2D eigenvalue weighted by Gasteiger charge is -2.44. The van der Waals surface area contributed by atoms with Crippen molar-refractivity contribution in [1.82, 2.24) is 10.3 Å². The first-order valence-corrected chi connectivity index (χ1v) is 8.85. The maximum Gasteiger partial charge on any atom is 0.128 e. The number of aromatic nitrogens is 1. The van der Waals surface area contributed by atoms with Gasteiger partial charge in [0.1, 0.15) is 5.82 Å². The predicted molar refractivity (Wildman–Crippen MR) is 86.4 cm³/mol. The SMILES string of the molecule is c1cc(N2CCCC3CCCCC32)ncc1CNC1CC1. The number of rotatable bonds is 4. The normalized spacial score (nSPS) is 29.2. The highest BCUT2D eigenvalue weighted by Crippen LogP contribution is 2.37. The lowest BCUT2D eigenvalue weighted by Crippen LogP contribution is -2.47. The van der Waals surface area contributed by atoms with Gasteiger partial charge in [-0.05, 0) is 56.1 Å². The monoisotopic (exact) mass is 285 g/mol. The van der Waals surface area contributed by atoms with Crippen LogP contribution in [0.25, 0.3) is 0 Å². The first-order valence-electron chi connectivity index (χ1n) is 8.85. The van der Waals surface area contributed by atoms with Crippen molar-refractivity contribution in [2.75, 3.05) is 11.4 Å². The van der Waals surface area contributed by atoms with E-state index in [4.69, 9.17) is 4.98 Å². The van der Waals surface area contributed by atoms with E-state index in [2.05, 4.69) is 28.5 Å². The first-order chi connectivity index (χ1) is 10.4. The van der Waals surface area contributed by atoms with Crippen molar-refractivity contribution in [3.8, 4) is 0 Å². The van der Waals surface area contributed by atoms with Crippen LogP contribution in [-0.4, -0.2) is 23.6 Å². The van der Waals surface area contributed by atoms with E-state index in [9.17, 15) is 0 Å². The molecule has 0 bridgehead atoms. The topological polar surface area (TPSA) is 28.2 Å². The highest BCUT2D eigenvalue weighted by Gasteiger charge is 2.33. The van der Waals surface area contributed by atoms with E-state index in [-0.39, 0.29) is 0 Å². The smallest absolute Gasteiger partial charge is 0.128 e. The Labute approximate surface area is 128 Å². The van der Waals surface area contributed by atoms with E-state index in [1.54, 1.807) is 0 Å². The van der Waals surface area contributed by atoms with E-state index in [0.29, 0.717) is 0 Å². The van der Waals surface area contributed by atoms with E-state index in [0.717, 1.165) is 24.5 Å². The molecule has 0 aromatic carbocycles. The van der Waals surface area contributed by atoms with Crippen LogP contribution < -0.4 is 10.2 Å². The first kappa shape index (κ1) is 13.6. The second kappa shape index (κ2) is 5.96. The zero-order valence-corrected chi connectivity index (χ0v) is 12.9. The number of anilines is 1. The van der Waals surface area contributed by atoms with E-state index >= 15 is 0 Å². The van der Waals surface area contributed by atoms with Crippen molar-refractivity contribution in [1.29, 1.82) is 0 Å². The Balaban J connectivity index is 1.43. The molecule has 0 amide bonds. The van der Waals surface area contributed by atoms with Gasteiger partial charge in [0.05, 0.1) is 0 Å². The molecule has 114 valence electrons. The second-order valence-corrected chi connectivity index (χ2v) is 7.13. The maximum absolute atomic E-state index is 4.78. The molecule has 21 heavy (non-hydrogen) atoms. The van der Waals surface area contributed by atoms with Crippen LogP contribution >= 0.6 is 0 Å². The molecule has 3 aliphatic rings. The molecule has 2 heterocycles. The fourth-order valence-electron chi connectivity index (χ4n) is 4.15. The molecule has 3 fully saturated rings. The Morgan fingerprint density at radius 3 is 2.71 bits per heavy atom. The molecule has 3 nitrogen and oxygen atoms in total. The average molecular weight is 285 g/mol. The molecule has 2 aliphatic carbocycles. The summed E-state index contributed by atoms with van der Waals surface area (Å²) in [4.78, 5) is 7.38. The lowest BCUT2D eigenvalue weighted by atomic mass is 9.78. The fraction of sp³-hybridized carbons (Fsp3) is 0.722. The molecule has 4 rings (SSSR count). The molecular weight excluding hydrogens is 258 g/mol. The van der Waals surface area contributed by atoms with Crippen molar-refractivity contribution in [2.24, 2.45) is 5.92 Å². The van der Waals surface area contributed by atoms with Gasteiger partial charge in [-0.3, -0.25) is 0 Å². The molecule has 2 atom stereocenters. The molecule has 1 saturated heterocycles. The average Bonchev–Trinajstić information content (AvgIpc) is 3.37.